The van der Waals surface area contributed by atoms with Gasteiger partial charge in [-0.05, 0) is 19.4 Å². The van der Waals surface area contributed by atoms with Crippen molar-refractivity contribution in [2.45, 2.75) is 24.3 Å². The molecule has 106 valence electrons. The Morgan fingerprint density at radius 3 is 2.63 bits per heavy atom. The molecule has 0 saturated carbocycles. The number of nitrogens with one attached hydrogen (secondary N) is 1. The summed E-state index contributed by atoms with van der Waals surface area (Å²) in [5.74, 6) is -1.22. The molecule has 1 aromatic carbocycles. The Morgan fingerprint density at radius 2 is 2.16 bits per heavy atom. The minimum atomic E-state index is -3.94. The van der Waals surface area contributed by atoms with Gasteiger partial charge in [0.2, 0.25) is 15.8 Å². The van der Waals surface area contributed by atoms with Crippen molar-refractivity contribution in [3.8, 4) is 0 Å². The summed E-state index contributed by atoms with van der Waals surface area (Å²) in [5.41, 5.74) is -0.789. The Bertz CT molecular complexity index is 573. The van der Waals surface area contributed by atoms with Crippen LogP contribution in [0.15, 0.2) is 23.1 Å². The van der Waals surface area contributed by atoms with E-state index >= 15 is 0 Å². The summed E-state index contributed by atoms with van der Waals surface area (Å²) in [6.07, 6.45) is -0.467. The standard InChI is InChI=1S/C10H13FN2O5S/c1-7(14)4-5-12-19(17,18)8-2-3-10(13(15)16)9(11)6-8/h2-3,6-7,12,14H,4-5H2,1H3. The zero-order valence-corrected chi connectivity index (χ0v) is 10.9. The number of hydrogen-bond acceptors (Lipinski definition) is 5. The number of benzene rings is 1. The number of aliphatic hydroxyl groups excluding tert-OH is 1. The third-order valence-electron chi connectivity index (χ3n) is 2.28. The van der Waals surface area contributed by atoms with E-state index in [-0.39, 0.29) is 13.0 Å². The normalized spacial score (nSPS) is 13.2. The molecule has 0 heterocycles. The van der Waals surface area contributed by atoms with Gasteiger partial charge in [0.15, 0.2) is 0 Å². The van der Waals surface area contributed by atoms with Crippen LogP contribution in [0.25, 0.3) is 0 Å². The van der Waals surface area contributed by atoms with Gasteiger partial charge in [0, 0.05) is 18.7 Å². The quantitative estimate of drug-likeness (QED) is 0.595. The van der Waals surface area contributed by atoms with E-state index in [1.807, 2.05) is 0 Å². The minimum Gasteiger partial charge on any atom is -0.393 e. The van der Waals surface area contributed by atoms with Gasteiger partial charge in [-0.2, -0.15) is 4.39 Å². The maximum Gasteiger partial charge on any atom is 0.304 e. The van der Waals surface area contributed by atoms with Gasteiger partial charge in [0.05, 0.1) is 15.9 Å². The number of nitro groups is 1. The van der Waals surface area contributed by atoms with Crippen LogP contribution in [0.2, 0.25) is 0 Å². The Labute approximate surface area is 109 Å². The van der Waals surface area contributed by atoms with Crippen LogP contribution in [0.5, 0.6) is 0 Å². The van der Waals surface area contributed by atoms with Gasteiger partial charge in [-0.1, -0.05) is 0 Å². The Kier molecular flexibility index (Phi) is 4.92. The Morgan fingerprint density at radius 1 is 1.53 bits per heavy atom. The van der Waals surface area contributed by atoms with E-state index in [0.717, 1.165) is 12.1 Å². The molecule has 0 saturated heterocycles. The molecular formula is C10H13FN2O5S. The van der Waals surface area contributed by atoms with Gasteiger partial charge in [0.25, 0.3) is 0 Å². The summed E-state index contributed by atoms with van der Waals surface area (Å²) in [4.78, 5) is 9.06. The first-order valence-electron chi connectivity index (χ1n) is 5.35. The summed E-state index contributed by atoms with van der Waals surface area (Å²) in [7, 11) is -3.94. The molecule has 1 atom stereocenters. The maximum absolute atomic E-state index is 13.3. The summed E-state index contributed by atoms with van der Waals surface area (Å²) in [6, 6.07) is 2.33. The zero-order valence-electron chi connectivity index (χ0n) is 10.0. The van der Waals surface area contributed by atoms with E-state index < -0.39 is 37.5 Å². The number of nitrogens with zero attached hydrogens (tertiary/aromatic N) is 1. The highest BCUT2D eigenvalue weighted by Gasteiger charge is 2.20. The van der Waals surface area contributed by atoms with Gasteiger partial charge in [-0.3, -0.25) is 10.1 Å². The number of rotatable bonds is 6. The molecule has 0 spiro atoms. The molecule has 0 fully saturated rings. The molecule has 1 unspecified atom stereocenters. The predicted molar refractivity (Wildman–Crippen MR) is 64.5 cm³/mol. The van der Waals surface area contributed by atoms with Crippen molar-refractivity contribution in [2.24, 2.45) is 0 Å². The lowest BCUT2D eigenvalue weighted by Crippen LogP contribution is -2.26. The molecule has 0 aliphatic heterocycles. The van der Waals surface area contributed by atoms with Crippen LogP contribution >= 0.6 is 0 Å². The van der Waals surface area contributed by atoms with Crippen LogP contribution in [-0.2, 0) is 10.0 Å². The second-order valence-electron chi connectivity index (χ2n) is 3.91. The van der Waals surface area contributed by atoms with Crippen molar-refractivity contribution < 1.29 is 22.8 Å². The smallest absolute Gasteiger partial charge is 0.304 e. The number of aliphatic hydroxyl groups is 1. The second kappa shape index (κ2) is 6.04. The largest absolute Gasteiger partial charge is 0.393 e. The Hall–Kier alpha value is -1.58. The number of sulfonamides is 1. The highest BCUT2D eigenvalue weighted by molar-refractivity contribution is 7.89. The van der Waals surface area contributed by atoms with E-state index in [2.05, 4.69) is 4.72 Å². The second-order valence-corrected chi connectivity index (χ2v) is 5.67. The average Bonchev–Trinajstić information content (AvgIpc) is 2.27. The van der Waals surface area contributed by atoms with Crippen molar-refractivity contribution in [3.05, 3.63) is 34.1 Å². The monoisotopic (exact) mass is 292 g/mol. The van der Waals surface area contributed by atoms with Crippen molar-refractivity contribution in [2.75, 3.05) is 6.54 Å². The molecule has 9 heteroatoms. The fraction of sp³-hybridized carbons (Fsp3) is 0.400. The molecule has 0 aromatic heterocycles. The first-order chi connectivity index (χ1) is 8.74. The van der Waals surface area contributed by atoms with Crippen molar-refractivity contribution in [1.82, 2.24) is 4.72 Å². The minimum absolute atomic E-state index is 0.0153. The van der Waals surface area contributed by atoms with Crippen LogP contribution in [0, 0.1) is 15.9 Å². The maximum atomic E-state index is 13.3. The first kappa shape index (κ1) is 15.5. The molecule has 0 aliphatic carbocycles. The molecule has 0 amide bonds. The molecule has 1 aromatic rings. The summed E-state index contributed by atoms with van der Waals surface area (Å²) in [6.45, 7) is 1.48. The summed E-state index contributed by atoms with van der Waals surface area (Å²) < 4.78 is 38.9. The van der Waals surface area contributed by atoms with Gasteiger partial charge in [-0.15, -0.1) is 0 Å². The molecule has 0 radical (unpaired) electrons. The molecule has 1 rings (SSSR count). The molecule has 7 nitrogen and oxygen atoms in total. The molecule has 0 aliphatic rings. The van der Waals surface area contributed by atoms with Crippen molar-refractivity contribution in [1.29, 1.82) is 0 Å². The van der Waals surface area contributed by atoms with Gasteiger partial charge in [0.1, 0.15) is 0 Å². The lowest BCUT2D eigenvalue weighted by molar-refractivity contribution is -0.387. The van der Waals surface area contributed by atoms with E-state index in [4.69, 9.17) is 5.11 Å². The third-order valence-corrected chi connectivity index (χ3v) is 3.74. The van der Waals surface area contributed by atoms with Crippen LogP contribution in [0.4, 0.5) is 10.1 Å². The van der Waals surface area contributed by atoms with Crippen LogP contribution < -0.4 is 4.72 Å². The predicted octanol–water partition coefficient (Wildman–Crippen LogP) is 0.783. The van der Waals surface area contributed by atoms with Crippen molar-refractivity contribution in [3.63, 3.8) is 0 Å². The molecule has 0 bridgehead atoms. The average molecular weight is 292 g/mol. The summed E-state index contributed by atoms with van der Waals surface area (Å²) in [5, 5.41) is 19.4. The van der Waals surface area contributed by atoms with E-state index in [0.29, 0.717) is 6.07 Å². The van der Waals surface area contributed by atoms with E-state index in [1.54, 1.807) is 0 Å². The van der Waals surface area contributed by atoms with Crippen molar-refractivity contribution >= 4 is 15.7 Å². The fourth-order valence-electron chi connectivity index (χ4n) is 1.29. The van der Waals surface area contributed by atoms with Crippen LogP contribution in [-0.4, -0.2) is 31.1 Å². The third kappa shape index (κ3) is 4.23. The fourth-order valence-corrected chi connectivity index (χ4v) is 2.35. The first-order valence-corrected chi connectivity index (χ1v) is 6.84. The zero-order chi connectivity index (χ0) is 14.6. The topological polar surface area (TPSA) is 110 Å². The SMILES string of the molecule is CC(O)CCNS(=O)(=O)c1ccc([N+](=O)[O-])c(F)c1. The molecule has 2 N–H and O–H groups in total. The number of hydrogen-bond donors (Lipinski definition) is 2. The number of nitro benzene ring substituents is 1. The van der Waals surface area contributed by atoms with Crippen LogP contribution in [0.3, 0.4) is 0 Å². The number of halogens is 1. The molecular weight excluding hydrogens is 279 g/mol. The lowest BCUT2D eigenvalue weighted by Gasteiger charge is -2.08. The molecule has 19 heavy (non-hydrogen) atoms. The van der Waals surface area contributed by atoms with Crippen LogP contribution in [0.1, 0.15) is 13.3 Å². The lowest BCUT2D eigenvalue weighted by atomic mass is 10.3. The Balaban J connectivity index is 2.90. The van der Waals surface area contributed by atoms with Gasteiger partial charge >= 0.3 is 5.69 Å². The highest BCUT2D eigenvalue weighted by atomic mass is 32.2. The highest BCUT2D eigenvalue weighted by Crippen LogP contribution is 2.20. The van der Waals surface area contributed by atoms with Gasteiger partial charge in [-0.25, -0.2) is 13.1 Å². The van der Waals surface area contributed by atoms with E-state index in [9.17, 15) is 22.9 Å². The van der Waals surface area contributed by atoms with E-state index in [1.165, 1.54) is 6.92 Å². The van der Waals surface area contributed by atoms with Gasteiger partial charge < -0.3 is 5.11 Å². The summed E-state index contributed by atoms with van der Waals surface area (Å²) >= 11 is 0.